The lowest BCUT2D eigenvalue weighted by molar-refractivity contribution is -0.131. The van der Waals surface area contributed by atoms with Gasteiger partial charge in [-0.25, -0.2) is 8.42 Å². The van der Waals surface area contributed by atoms with Gasteiger partial charge in [0.2, 0.25) is 21.8 Å². The fraction of sp³-hybridized carbons (Fsp3) is 0.647. The van der Waals surface area contributed by atoms with Crippen molar-refractivity contribution in [3.8, 4) is 0 Å². The van der Waals surface area contributed by atoms with Crippen molar-refractivity contribution in [1.82, 2.24) is 24.5 Å². The molecule has 2 aromatic heterocycles. The highest BCUT2D eigenvalue weighted by Gasteiger charge is 2.42. The van der Waals surface area contributed by atoms with Crippen molar-refractivity contribution in [3.63, 3.8) is 0 Å². The van der Waals surface area contributed by atoms with E-state index < -0.39 is 10.0 Å². The van der Waals surface area contributed by atoms with Crippen LogP contribution in [0.3, 0.4) is 0 Å². The Kier molecular flexibility index (Phi) is 4.74. The lowest BCUT2D eigenvalue weighted by atomic mass is 10.0. The molecule has 0 spiro atoms. The van der Waals surface area contributed by atoms with E-state index in [4.69, 9.17) is 9.05 Å². The number of hydrogen-bond acceptors (Lipinski definition) is 8. The van der Waals surface area contributed by atoms with E-state index in [9.17, 15) is 13.2 Å². The molecule has 152 valence electrons. The summed E-state index contributed by atoms with van der Waals surface area (Å²) in [7, 11) is -1.86. The maximum Gasteiger partial charge on any atom is 0.248 e. The van der Waals surface area contributed by atoms with Gasteiger partial charge in [0.25, 0.3) is 0 Å². The fourth-order valence-corrected chi connectivity index (χ4v) is 5.14. The summed E-state index contributed by atoms with van der Waals surface area (Å²) >= 11 is 0. The number of carbonyl (C=O) groups excluding carboxylic acids is 1. The minimum atomic E-state index is -3.64. The normalized spacial score (nSPS) is 18.2. The fourth-order valence-electron chi connectivity index (χ4n) is 3.32. The van der Waals surface area contributed by atoms with Gasteiger partial charge in [-0.3, -0.25) is 4.79 Å². The lowest BCUT2D eigenvalue weighted by Crippen LogP contribution is -2.48. The van der Waals surface area contributed by atoms with E-state index >= 15 is 0 Å². The first-order valence-electron chi connectivity index (χ1n) is 9.28. The van der Waals surface area contributed by atoms with Crippen LogP contribution in [0.5, 0.6) is 0 Å². The number of likely N-dealkylation sites (N-methyl/N-ethyl adjacent to an activating group) is 1. The Bertz CT molecular complexity index is 968. The Morgan fingerprint density at radius 3 is 2.54 bits per heavy atom. The summed E-state index contributed by atoms with van der Waals surface area (Å²) in [4.78, 5) is 18.2. The quantitative estimate of drug-likeness (QED) is 0.660. The summed E-state index contributed by atoms with van der Waals surface area (Å²) in [6.07, 6.45) is 2.46. The maximum absolute atomic E-state index is 12.7. The van der Waals surface area contributed by atoms with Gasteiger partial charge in [-0.1, -0.05) is 10.3 Å². The summed E-state index contributed by atoms with van der Waals surface area (Å²) < 4.78 is 37.1. The second kappa shape index (κ2) is 6.96. The molecule has 4 rings (SSSR count). The van der Waals surface area contributed by atoms with Gasteiger partial charge in [0.1, 0.15) is 10.6 Å². The first-order valence-corrected chi connectivity index (χ1v) is 10.7. The van der Waals surface area contributed by atoms with Crippen LogP contribution in [0.25, 0.3) is 0 Å². The van der Waals surface area contributed by atoms with E-state index in [1.807, 2.05) is 0 Å². The molecule has 1 saturated carbocycles. The smallest absolute Gasteiger partial charge is 0.248 e. The molecule has 0 unspecified atom stereocenters. The Morgan fingerprint density at radius 1 is 1.21 bits per heavy atom. The summed E-state index contributed by atoms with van der Waals surface area (Å²) in [6.45, 7) is 4.27. The molecule has 1 aliphatic carbocycles. The zero-order valence-corrected chi connectivity index (χ0v) is 16.9. The number of sulfonamides is 1. The second-order valence-electron chi connectivity index (χ2n) is 7.51. The number of aryl methyl sites for hydroxylation is 2. The molecule has 0 bridgehead atoms. The van der Waals surface area contributed by atoms with Gasteiger partial charge in [-0.2, -0.15) is 9.29 Å². The van der Waals surface area contributed by atoms with Crippen molar-refractivity contribution in [2.24, 2.45) is 5.92 Å². The van der Waals surface area contributed by atoms with Crippen molar-refractivity contribution < 1.29 is 22.3 Å². The van der Waals surface area contributed by atoms with Gasteiger partial charge >= 0.3 is 0 Å². The Balaban J connectivity index is 1.33. The van der Waals surface area contributed by atoms with Gasteiger partial charge in [-0.05, 0) is 26.7 Å². The van der Waals surface area contributed by atoms with Crippen molar-refractivity contribution in [1.29, 1.82) is 0 Å². The molecule has 3 heterocycles. The molecule has 28 heavy (non-hydrogen) atoms. The van der Waals surface area contributed by atoms with Crippen LogP contribution in [0.2, 0.25) is 0 Å². The predicted octanol–water partition coefficient (Wildman–Crippen LogP) is 0.873. The zero-order chi connectivity index (χ0) is 20.1. The number of nitrogens with zero attached hydrogens (tertiary/aromatic N) is 5. The summed E-state index contributed by atoms with van der Waals surface area (Å²) in [5.74, 6) is 1.45. The molecule has 0 atom stereocenters. The van der Waals surface area contributed by atoms with Gasteiger partial charge in [0, 0.05) is 39.0 Å². The molecular weight excluding hydrogens is 386 g/mol. The average molecular weight is 409 g/mol. The third-order valence-corrected chi connectivity index (χ3v) is 7.30. The van der Waals surface area contributed by atoms with Crippen molar-refractivity contribution in [2.75, 3.05) is 26.7 Å². The molecule has 1 saturated heterocycles. The highest BCUT2D eigenvalue weighted by atomic mass is 32.2. The molecule has 10 nitrogen and oxygen atoms in total. The van der Waals surface area contributed by atoms with Crippen LogP contribution in [0.4, 0.5) is 0 Å². The largest absolute Gasteiger partial charge is 0.360 e. The van der Waals surface area contributed by atoms with Crippen molar-refractivity contribution >= 4 is 15.9 Å². The van der Waals surface area contributed by atoms with Gasteiger partial charge in [-0.15, -0.1) is 0 Å². The van der Waals surface area contributed by atoms with E-state index in [0.29, 0.717) is 30.4 Å². The predicted molar refractivity (Wildman–Crippen MR) is 95.8 cm³/mol. The highest BCUT2D eigenvalue weighted by molar-refractivity contribution is 7.89. The molecular formula is C17H23N5O5S. The van der Waals surface area contributed by atoms with Crippen LogP contribution in [-0.4, -0.2) is 65.5 Å². The molecule has 2 aromatic rings. The summed E-state index contributed by atoms with van der Waals surface area (Å²) in [5, 5.41) is 7.67. The molecule has 1 amide bonds. The van der Waals surface area contributed by atoms with Crippen LogP contribution in [-0.2, 0) is 21.2 Å². The van der Waals surface area contributed by atoms with E-state index in [-0.39, 0.29) is 41.5 Å². The van der Waals surface area contributed by atoms with E-state index in [1.54, 1.807) is 25.8 Å². The molecule has 11 heteroatoms. The van der Waals surface area contributed by atoms with Gasteiger partial charge < -0.3 is 13.9 Å². The molecule has 1 aliphatic heterocycles. The minimum absolute atomic E-state index is 0.125. The van der Waals surface area contributed by atoms with E-state index in [0.717, 1.165) is 12.8 Å². The Hall–Kier alpha value is -2.27. The van der Waals surface area contributed by atoms with Gasteiger partial charge in [0.05, 0.1) is 5.92 Å². The van der Waals surface area contributed by atoms with E-state index in [1.165, 1.54) is 4.31 Å². The number of rotatable bonds is 7. The lowest BCUT2D eigenvalue weighted by Gasteiger charge is -2.35. The number of hydrogen-bond donors (Lipinski definition) is 0. The van der Waals surface area contributed by atoms with E-state index in [2.05, 4.69) is 15.3 Å². The Labute approximate surface area is 162 Å². The third-order valence-electron chi connectivity index (χ3n) is 5.22. The number of aromatic nitrogens is 3. The molecule has 0 radical (unpaired) electrons. The second-order valence-corrected chi connectivity index (χ2v) is 9.38. The standard InChI is InChI=1S/C17H23N5O5S/c1-10-15(11(2)26-19-10)28(24,25)22-8-13(9-22)16-18-14(20-27-16)6-7-21(3)17(23)12-4-5-12/h12-13H,4-9H2,1-3H3. The Morgan fingerprint density at radius 2 is 1.93 bits per heavy atom. The number of amides is 1. The average Bonchev–Trinajstić information content (AvgIpc) is 3.25. The van der Waals surface area contributed by atoms with Crippen LogP contribution >= 0.6 is 0 Å². The number of carbonyl (C=O) groups is 1. The third kappa shape index (κ3) is 3.44. The topological polar surface area (TPSA) is 123 Å². The SMILES string of the molecule is Cc1noc(C)c1S(=O)(=O)N1CC(c2nc(CCN(C)C(=O)C3CC3)no2)C1. The van der Waals surface area contributed by atoms with Crippen LogP contribution in [0.15, 0.2) is 13.9 Å². The van der Waals surface area contributed by atoms with Crippen LogP contribution in [0.1, 0.15) is 41.9 Å². The van der Waals surface area contributed by atoms with Crippen LogP contribution < -0.4 is 0 Å². The zero-order valence-electron chi connectivity index (χ0n) is 16.1. The highest BCUT2D eigenvalue weighted by Crippen LogP contribution is 2.33. The van der Waals surface area contributed by atoms with Gasteiger partial charge in [0.15, 0.2) is 11.6 Å². The summed E-state index contributed by atoms with van der Waals surface area (Å²) in [6, 6.07) is 0. The summed E-state index contributed by atoms with van der Waals surface area (Å²) in [5.41, 5.74) is 0.353. The molecule has 0 N–H and O–H groups in total. The molecule has 0 aromatic carbocycles. The minimum Gasteiger partial charge on any atom is -0.360 e. The maximum atomic E-state index is 12.7. The van der Waals surface area contributed by atoms with Crippen molar-refractivity contribution in [2.45, 2.75) is 43.9 Å². The molecule has 2 fully saturated rings. The van der Waals surface area contributed by atoms with Crippen molar-refractivity contribution in [3.05, 3.63) is 23.2 Å². The van der Waals surface area contributed by atoms with Crippen LogP contribution in [0, 0.1) is 19.8 Å². The first kappa shape index (κ1) is 19.1. The monoisotopic (exact) mass is 409 g/mol. The first-order chi connectivity index (χ1) is 13.3. The molecule has 2 aliphatic rings.